The van der Waals surface area contributed by atoms with Crippen molar-refractivity contribution in [2.45, 2.75) is 0 Å². The van der Waals surface area contributed by atoms with E-state index >= 15 is 0 Å². The fourth-order valence-corrected chi connectivity index (χ4v) is 2.60. The molecule has 1 aliphatic rings. The molecular weight excluding hydrogens is 253 g/mol. The van der Waals surface area contributed by atoms with Crippen molar-refractivity contribution in [3.63, 3.8) is 0 Å². The van der Waals surface area contributed by atoms with Crippen LogP contribution >= 0.6 is 0 Å². The molecule has 4 heteroatoms. The Morgan fingerprint density at radius 2 is 1.40 bits per heavy atom. The Hall–Kier alpha value is -2.23. The number of piperazine rings is 1. The molecule has 0 aliphatic carbocycles. The van der Waals surface area contributed by atoms with Gasteiger partial charge >= 0.3 is 0 Å². The van der Waals surface area contributed by atoms with Crippen molar-refractivity contribution in [3.8, 4) is 0 Å². The molecule has 2 aromatic carbocycles. The molecule has 1 aliphatic heterocycles. The fraction of sp³-hybridized carbons (Fsp3) is 0.250. The summed E-state index contributed by atoms with van der Waals surface area (Å²) >= 11 is 0. The van der Waals surface area contributed by atoms with Gasteiger partial charge in [0.1, 0.15) is 5.82 Å². The number of nitrogens with zero attached hydrogens (tertiary/aromatic N) is 2. The molecule has 0 aromatic heterocycles. The van der Waals surface area contributed by atoms with E-state index in [1.54, 1.807) is 0 Å². The Morgan fingerprint density at radius 1 is 0.800 bits per heavy atom. The van der Waals surface area contributed by atoms with Crippen LogP contribution in [0.2, 0.25) is 0 Å². The van der Waals surface area contributed by atoms with E-state index < -0.39 is 0 Å². The Morgan fingerprint density at radius 3 is 2.00 bits per heavy atom. The van der Waals surface area contributed by atoms with Crippen molar-refractivity contribution in [2.75, 3.05) is 41.7 Å². The van der Waals surface area contributed by atoms with E-state index in [0.717, 1.165) is 37.6 Å². The number of rotatable bonds is 2. The van der Waals surface area contributed by atoms with E-state index in [1.165, 1.54) is 17.8 Å². The zero-order chi connectivity index (χ0) is 13.9. The zero-order valence-corrected chi connectivity index (χ0v) is 11.3. The summed E-state index contributed by atoms with van der Waals surface area (Å²) < 4.78 is 12.9. The normalized spacial score (nSPS) is 15.4. The number of nitrogen functional groups attached to an aromatic ring is 1. The summed E-state index contributed by atoms with van der Waals surface area (Å²) in [4.78, 5) is 4.61. The van der Waals surface area contributed by atoms with Gasteiger partial charge in [-0.05, 0) is 42.5 Å². The molecule has 0 saturated carbocycles. The van der Waals surface area contributed by atoms with Crippen molar-refractivity contribution in [1.82, 2.24) is 0 Å². The van der Waals surface area contributed by atoms with Gasteiger partial charge in [0.05, 0.1) is 0 Å². The molecule has 0 unspecified atom stereocenters. The van der Waals surface area contributed by atoms with Crippen molar-refractivity contribution in [1.29, 1.82) is 0 Å². The van der Waals surface area contributed by atoms with Gasteiger partial charge in [-0.25, -0.2) is 4.39 Å². The van der Waals surface area contributed by atoms with Gasteiger partial charge in [-0.3, -0.25) is 0 Å². The van der Waals surface area contributed by atoms with Gasteiger partial charge < -0.3 is 15.5 Å². The van der Waals surface area contributed by atoms with Gasteiger partial charge in [0.25, 0.3) is 0 Å². The van der Waals surface area contributed by atoms with Gasteiger partial charge in [-0.1, -0.05) is 6.07 Å². The van der Waals surface area contributed by atoms with E-state index in [1.807, 2.05) is 30.3 Å². The lowest BCUT2D eigenvalue weighted by atomic mass is 10.2. The minimum Gasteiger partial charge on any atom is -0.399 e. The predicted molar refractivity (Wildman–Crippen MR) is 81.7 cm³/mol. The number of hydrogen-bond acceptors (Lipinski definition) is 3. The minimum absolute atomic E-state index is 0.188. The van der Waals surface area contributed by atoms with Crippen LogP contribution in [0.15, 0.2) is 48.5 Å². The number of anilines is 3. The molecule has 0 spiro atoms. The maximum absolute atomic E-state index is 12.9. The summed E-state index contributed by atoms with van der Waals surface area (Å²) in [5.74, 6) is -0.188. The summed E-state index contributed by atoms with van der Waals surface area (Å²) in [6.07, 6.45) is 0. The lowest BCUT2D eigenvalue weighted by Gasteiger charge is -2.37. The van der Waals surface area contributed by atoms with Crippen LogP contribution in [-0.2, 0) is 0 Å². The molecule has 3 rings (SSSR count). The molecule has 3 nitrogen and oxygen atoms in total. The molecule has 0 radical (unpaired) electrons. The van der Waals surface area contributed by atoms with E-state index in [2.05, 4.69) is 15.9 Å². The van der Waals surface area contributed by atoms with Crippen LogP contribution in [0.25, 0.3) is 0 Å². The third kappa shape index (κ3) is 2.69. The molecular formula is C16H18FN3. The van der Waals surface area contributed by atoms with Crippen LogP contribution in [0.1, 0.15) is 0 Å². The first-order valence-corrected chi connectivity index (χ1v) is 6.83. The minimum atomic E-state index is -0.188. The third-order valence-corrected chi connectivity index (χ3v) is 3.71. The second kappa shape index (κ2) is 5.41. The highest BCUT2D eigenvalue weighted by Gasteiger charge is 2.17. The number of benzene rings is 2. The summed E-state index contributed by atoms with van der Waals surface area (Å²) in [7, 11) is 0. The smallest absolute Gasteiger partial charge is 0.123 e. The lowest BCUT2D eigenvalue weighted by molar-refractivity contribution is 0.625. The Bertz CT molecular complexity index is 575. The van der Waals surface area contributed by atoms with Crippen LogP contribution in [0.5, 0.6) is 0 Å². The number of halogens is 1. The molecule has 0 amide bonds. The second-order valence-electron chi connectivity index (χ2n) is 5.05. The lowest BCUT2D eigenvalue weighted by Crippen LogP contribution is -2.46. The summed E-state index contributed by atoms with van der Waals surface area (Å²) in [6.45, 7) is 3.75. The topological polar surface area (TPSA) is 32.5 Å². The van der Waals surface area contributed by atoms with Crippen LogP contribution in [0.4, 0.5) is 21.5 Å². The van der Waals surface area contributed by atoms with Gasteiger partial charge in [-0.15, -0.1) is 0 Å². The SMILES string of the molecule is Nc1cccc(N2CCN(c3ccc(F)cc3)CC2)c1. The third-order valence-electron chi connectivity index (χ3n) is 3.71. The zero-order valence-electron chi connectivity index (χ0n) is 11.3. The Kier molecular flexibility index (Phi) is 3.46. The molecule has 104 valence electrons. The van der Waals surface area contributed by atoms with Gasteiger partial charge in [-0.2, -0.15) is 0 Å². The molecule has 2 aromatic rings. The first-order chi connectivity index (χ1) is 9.72. The first kappa shape index (κ1) is 12.8. The fourth-order valence-electron chi connectivity index (χ4n) is 2.60. The van der Waals surface area contributed by atoms with Crippen LogP contribution < -0.4 is 15.5 Å². The molecule has 1 saturated heterocycles. The average molecular weight is 271 g/mol. The molecule has 0 bridgehead atoms. The summed E-state index contributed by atoms with van der Waals surface area (Å²) in [6, 6.07) is 14.7. The summed E-state index contributed by atoms with van der Waals surface area (Å²) in [5.41, 5.74) is 8.87. The van der Waals surface area contributed by atoms with Crippen LogP contribution in [-0.4, -0.2) is 26.2 Å². The number of nitrogens with two attached hydrogens (primary N) is 1. The van der Waals surface area contributed by atoms with E-state index in [9.17, 15) is 4.39 Å². The van der Waals surface area contributed by atoms with Gasteiger partial charge in [0.15, 0.2) is 0 Å². The highest BCUT2D eigenvalue weighted by molar-refractivity contribution is 5.57. The maximum Gasteiger partial charge on any atom is 0.123 e. The summed E-state index contributed by atoms with van der Waals surface area (Å²) in [5, 5.41) is 0. The van der Waals surface area contributed by atoms with E-state index in [4.69, 9.17) is 5.73 Å². The van der Waals surface area contributed by atoms with Crippen molar-refractivity contribution in [3.05, 3.63) is 54.3 Å². The molecule has 20 heavy (non-hydrogen) atoms. The standard InChI is InChI=1S/C16H18FN3/c17-13-4-6-15(7-5-13)19-8-10-20(11-9-19)16-3-1-2-14(18)12-16/h1-7,12H,8-11,18H2. The highest BCUT2D eigenvalue weighted by atomic mass is 19.1. The molecule has 1 heterocycles. The van der Waals surface area contributed by atoms with E-state index in [0.29, 0.717) is 0 Å². The average Bonchev–Trinajstić information content (AvgIpc) is 2.48. The first-order valence-electron chi connectivity index (χ1n) is 6.83. The Labute approximate surface area is 118 Å². The highest BCUT2D eigenvalue weighted by Crippen LogP contribution is 2.22. The molecule has 2 N–H and O–H groups in total. The number of hydrogen-bond donors (Lipinski definition) is 1. The Balaban J connectivity index is 1.66. The largest absolute Gasteiger partial charge is 0.399 e. The van der Waals surface area contributed by atoms with Crippen LogP contribution in [0, 0.1) is 5.82 Å². The molecule has 0 atom stereocenters. The van der Waals surface area contributed by atoms with Gasteiger partial charge in [0.2, 0.25) is 0 Å². The van der Waals surface area contributed by atoms with Gasteiger partial charge in [0, 0.05) is 43.2 Å². The van der Waals surface area contributed by atoms with Crippen molar-refractivity contribution in [2.24, 2.45) is 0 Å². The second-order valence-corrected chi connectivity index (χ2v) is 5.05. The maximum atomic E-state index is 12.9. The molecule has 1 fully saturated rings. The quantitative estimate of drug-likeness (QED) is 0.852. The van der Waals surface area contributed by atoms with Crippen LogP contribution in [0.3, 0.4) is 0 Å². The van der Waals surface area contributed by atoms with Crippen molar-refractivity contribution >= 4 is 17.1 Å². The monoisotopic (exact) mass is 271 g/mol. The predicted octanol–water partition coefficient (Wildman–Crippen LogP) is 2.73. The van der Waals surface area contributed by atoms with E-state index in [-0.39, 0.29) is 5.82 Å². The van der Waals surface area contributed by atoms with Crippen molar-refractivity contribution < 1.29 is 4.39 Å².